The van der Waals surface area contributed by atoms with Gasteiger partial charge in [-0.25, -0.2) is 9.78 Å². The number of anilines is 2. The van der Waals surface area contributed by atoms with Crippen LogP contribution in [0.5, 0.6) is 0 Å². The molecule has 1 unspecified atom stereocenters. The Morgan fingerprint density at radius 3 is 3.05 bits per heavy atom. The van der Waals surface area contributed by atoms with Crippen LogP contribution in [0.1, 0.15) is 22.5 Å². The molecule has 0 radical (unpaired) electrons. The van der Waals surface area contributed by atoms with Crippen molar-refractivity contribution in [2.24, 2.45) is 0 Å². The summed E-state index contributed by atoms with van der Waals surface area (Å²) in [4.78, 5) is 18.2. The third kappa shape index (κ3) is 2.08. The number of aliphatic hydroxyl groups excluding tert-OH is 1. The number of thiophene rings is 1. The van der Waals surface area contributed by atoms with Gasteiger partial charge in [0.2, 0.25) is 0 Å². The Morgan fingerprint density at radius 1 is 1.55 bits per heavy atom. The molecular weight excluding hydrogens is 278 g/mol. The molecule has 0 bridgehead atoms. The van der Waals surface area contributed by atoms with Crippen LogP contribution in [0.2, 0.25) is 0 Å². The van der Waals surface area contributed by atoms with Crippen molar-refractivity contribution in [2.45, 2.75) is 18.9 Å². The summed E-state index contributed by atoms with van der Waals surface area (Å²) in [6.45, 7) is 1.37. The third-order valence-electron chi connectivity index (χ3n) is 3.54. The molecule has 1 fully saturated rings. The van der Waals surface area contributed by atoms with Gasteiger partial charge in [-0.3, -0.25) is 0 Å². The number of aromatic nitrogens is 1. The fourth-order valence-corrected chi connectivity index (χ4v) is 3.55. The average molecular weight is 293 g/mol. The number of hydrogen-bond acceptors (Lipinski definition) is 6. The summed E-state index contributed by atoms with van der Waals surface area (Å²) < 4.78 is 0. The van der Waals surface area contributed by atoms with Crippen LogP contribution in [-0.2, 0) is 0 Å². The second-order valence-corrected chi connectivity index (χ2v) is 5.90. The molecule has 2 aromatic rings. The van der Waals surface area contributed by atoms with Crippen molar-refractivity contribution in [3.05, 3.63) is 17.1 Å². The van der Waals surface area contributed by atoms with Crippen LogP contribution in [0.15, 0.2) is 12.3 Å². The van der Waals surface area contributed by atoms with Gasteiger partial charge in [0.15, 0.2) is 0 Å². The van der Waals surface area contributed by atoms with E-state index in [1.807, 2.05) is 11.0 Å². The number of rotatable bonds is 2. The Hall–Kier alpha value is -1.86. The lowest BCUT2D eigenvalue weighted by Gasteiger charge is -2.32. The minimum atomic E-state index is -1.03. The molecule has 0 saturated carbocycles. The number of hydrogen-bond donors (Lipinski definition) is 3. The number of aliphatic hydroxyl groups is 1. The molecule has 2 aromatic heterocycles. The summed E-state index contributed by atoms with van der Waals surface area (Å²) in [7, 11) is 0. The van der Waals surface area contributed by atoms with Gasteiger partial charge in [0, 0.05) is 19.3 Å². The Bertz CT molecular complexity index is 670. The van der Waals surface area contributed by atoms with Gasteiger partial charge >= 0.3 is 5.97 Å². The SMILES string of the molecule is Nc1c(C(=O)O)sc2nccc(N3CCCC(O)C3)c12. The Morgan fingerprint density at radius 2 is 2.35 bits per heavy atom. The molecule has 0 aromatic carbocycles. The first-order chi connectivity index (χ1) is 9.58. The normalized spacial score (nSPS) is 19.4. The van der Waals surface area contributed by atoms with Gasteiger partial charge in [-0.05, 0) is 18.9 Å². The first kappa shape index (κ1) is 13.1. The van der Waals surface area contributed by atoms with Crippen LogP contribution in [-0.4, -0.2) is 40.4 Å². The lowest BCUT2D eigenvalue weighted by Crippen LogP contribution is -2.38. The quantitative estimate of drug-likeness (QED) is 0.776. The fourth-order valence-electron chi connectivity index (χ4n) is 2.62. The Kier molecular flexibility index (Phi) is 3.23. The summed E-state index contributed by atoms with van der Waals surface area (Å²) in [5, 5.41) is 19.6. The van der Waals surface area contributed by atoms with E-state index >= 15 is 0 Å². The van der Waals surface area contributed by atoms with Crippen LogP contribution < -0.4 is 10.6 Å². The minimum absolute atomic E-state index is 0.123. The van der Waals surface area contributed by atoms with E-state index in [1.54, 1.807) is 6.20 Å². The molecule has 1 atom stereocenters. The summed E-state index contributed by atoms with van der Waals surface area (Å²) >= 11 is 1.09. The number of aromatic carboxylic acids is 1. The van der Waals surface area contributed by atoms with Crippen LogP contribution in [0, 0.1) is 0 Å². The standard InChI is InChI=1S/C13H15N3O3S/c14-10-9-8(16-5-1-2-7(17)6-16)3-4-15-12(9)20-11(10)13(18)19/h3-4,7,17H,1-2,5-6,14H2,(H,18,19). The smallest absolute Gasteiger partial charge is 0.348 e. The van der Waals surface area contributed by atoms with Gasteiger partial charge < -0.3 is 20.8 Å². The van der Waals surface area contributed by atoms with Gasteiger partial charge in [-0.1, -0.05) is 0 Å². The molecule has 1 saturated heterocycles. The van der Waals surface area contributed by atoms with Gasteiger partial charge in [0.25, 0.3) is 0 Å². The van der Waals surface area contributed by atoms with Gasteiger partial charge in [-0.2, -0.15) is 0 Å². The van der Waals surface area contributed by atoms with E-state index in [2.05, 4.69) is 4.98 Å². The maximum atomic E-state index is 11.2. The van der Waals surface area contributed by atoms with E-state index in [4.69, 9.17) is 10.8 Å². The highest BCUT2D eigenvalue weighted by molar-refractivity contribution is 7.21. The molecule has 1 aliphatic heterocycles. The maximum absolute atomic E-state index is 11.2. The van der Waals surface area contributed by atoms with Crippen LogP contribution in [0.3, 0.4) is 0 Å². The van der Waals surface area contributed by atoms with Crippen LogP contribution >= 0.6 is 11.3 Å². The predicted molar refractivity (Wildman–Crippen MR) is 78.4 cm³/mol. The van der Waals surface area contributed by atoms with Crippen LogP contribution in [0.4, 0.5) is 11.4 Å². The van der Waals surface area contributed by atoms with Crippen molar-refractivity contribution in [3.8, 4) is 0 Å². The van der Waals surface area contributed by atoms with E-state index < -0.39 is 5.97 Å². The zero-order valence-electron chi connectivity index (χ0n) is 10.7. The molecule has 1 aliphatic rings. The molecule has 20 heavy (non-hydrogen) atoms. The van der Waals surface area contributed by atoms with Crippen molar-refractivity contribution in [2.75, 3.05) is 23.7 Å². The zero-order valence-corrected chi connectivity index (χ0v) is 11.6. The molecule has 3 rings (SSSR count). The number of nitrogens with two attached hydrogens (primary N) is 1. The average Bonchev–Trinajstić information content (AvgIpc) is 2.76. The minimum Gasteiger partial charge on any atom is -0.477 e. The van der Waals surface area contributed by atoms with E-state index in [0.717, 1.165) is 36.4 Å². The zero-order chi connectivity index (χ0) is 14.3. The van der Waals surface area contributed by atoms with Crippen molar-refractivity contribution in [3.63, 3.8) is 0 Å². The summed E-state index contributed by atoms with van der Waals surface area (Å²) in [6.07, 6.45) is 3.00. The number of carboxylic acids is 1. The second-order valence-electron chi connectivity index (χ2n) is 4.90. The monoisotopic (exact) mass is 293 g/mol. The molecular formula is C13H15N3O3S. The van der Waals surface area contributed by atoms with Crippen molar-refractivity contribution >= 4 is 38.9 Å². The molecule has 106 valence electrons. The largest absolute Gasteiger partial charge is 0.477 e. The van der Waals surface area contributed by atoms with Crippen molar-refractivity contribution in [1.82, 2.24) is 4.98 Å². The molecule has 7 heteroatoms. The highest BCUT2D eigenvalue weighted by Crippen LogP contribution is 2.39. The molecule has 6 nitrogen and oxygen atoms in total. The maximum Gasteiger partial charge on any atom is 0.348 e. The number of carboxylic acid groups (broad SMARTS) is 1. The number of fused-ring (bicyclic) bond motifs is 1. The molecule has 0 aliphatic carbocycles. The first-order valence-electron chi connectivity index (χ1n) is 6.41. The van der Waals surface area contributed by atoms with E-state index in [-0.39, 0.29) is 16.7 Å². The lowest BCUT2D eigenvalue weighted by atomic mass is 10.1. The first-order valence-corrected chi connectivity index (χ1v) is 7.23. The number of nitrogen functional groups attached to an aromatic ring is 1. The fraction of sp³-hybridized carbons (Fsp3) is 0.385. The highest BCUT2D eigenvalue weighted by atomic mass is 32.1. The summed E-state index contributed by atoms with van der Waals surface area (Å²) in [5.41, 5.74) is 7.10. The molecule has 3 heterocycles. The van der Waals surface area contributed by atoms with Gasteiger partial charge in [0.05, 0.1) is 22.9 Å². The van der Waals surface area contributed by atoms with Crippen LogP contribution in [0.25, 0.3) is 10.2 Å². The molecule has 0 amide bonds. The number of carbonyl (C=O) groups is 1. The number of β-amino-alcohol motifs (C(OH)–C–C–N with tert-alkyl or cyclic N) is 1. The lowest BCUT2D eigenvalue weighted by molar-refractivity contribution is 0.0703. The van der Waals surface area contributed by atoms with Crippen molar-refractivity contribution in [1.29, 1.82) is 0 Å². The topological polar surface area (TPSA) is 99.7 Å². The Labute approximate surface area is 119 Å². The van der Waals surface area contributed by atoms with E-state index in [0.29, 0.717) is 16.8 Å². The third-order valence-corrected chi connectivity index (χ3v) is 4.64. The van der Waals surface area contributed by atoms with Gasteiger partial charge in [-0.15, -0.1) is 11.3 Å². The summed E-state index contributed by atoms with van der Waals surface area (Å²) in [5.74, 6) is -1.03. The van der Waals surface area contributed by atoms with E-state index in [9.17, 15) is 9.90 Å². The number of piperidine rings is 1. The second kappa shape index (κ2) is 4.92. The number of pyridine rings is 1. The summed E-state index contributed by atoms with van der Waals surface area (Å²) in [6, 6.07) is 1.83. The number of nitrogens with zero attached hydrogens (tertiary/aromatic N) is 2. The van der Waals surface area contributed by atoms with Crippen molar-refractivity contribution < 1.29 is 15.0 Å². The highest BCUT2D eigenvalue weighted by Gasteiger charge is 2.24. The molecule has 0 spiro atoms. The Balaban J connectivity index is 2.13. The predicted octanol–water partition coefficient (Wildman–Crippen LogP) is 1.54. The van der Waals surface area contributed by atoms with E-state index in [1.165, 1.54) is 0 Å². The van der Waals surface area contributed by atoms with Gasteiger partial charge in [0.1, 0.15) is 9.71 Å². The molecule has 4 N–H and O–H groups in total.